The second kappa shape index (κ2) is 6.58. The smallest absolute Gasteiger partial charge is 0.225 e. The van der Waals surface area contributed by atoms with Crippen LogP contribution in [0.2, 0.25) is 0 Å². The van der Waals surface area contributed by atoms with E-state index in [-0.39, 0.29) is 17.9 Å². The Kier molecular flexibility index (Phi) is 4.11. The minimum atomic E-state index is -0.243. The topological polar surface area (TPSA) is 121 Å². The molecule has 0 radical (unpaired) electrons. The van der Waals surface area contributed by atoms with Gasteiger partial charge in [-0.3, -0.25) is 4.79 Å². The molecule has 0 aliphatic heterocycles. The van der Waals surface area contributed by atoms with Crippen molar-refractivity contribution in [3.05, 3.63) is 30.5 Å². The summed E-state index contributed by atoms with van der Waals surface area (Å²) < 4.78 is 6.83. The maximum atomic E-state index is 11.3. The Labute approximate surface area is 149 Å². The van der Waals surface area contributed by atoms with Crippen LogP contribution in [0.4, 0.5) is 5.95 Å². The number of carbonyl (C=O) groups is 1. The van der Waals surface area contributed by atoms with Crippen molar-refractivity contribution in [3.8, 4) is 11.4 Å². The fourth-order valence-corrected chi connectivity index (χ4v) is 3.25. The number of rotatable bonds is 5. The maximum absolute atomic E-state index is 11.3. The molecule has 9 nitrogen and oxygen atoms in total. The Morgan fingerprint density at radius 3 is 2.81 bits per heavy atom. The summed E-state index contributed by atoms with van der Waals surface area (Å²) in [5.41, 5.74) is 7.43. The van der Waals surface area contributed by atoms with Gasteiger partial charge in [0.1, 0.15) is 5.75 Å². The van der Waals surface area contributed by atoms with Crippen molar-refractivity contribution in [1.82, 2.24) is 25.0 Å². The van der Waals surface area contributed by atoms with Gasteiger partial charge in [0.2, 0.25) is 11.9 Å². The number of methoxy groups -OCH3 is 1. The number of primary amides is 1. The summed E-state index contributed by atoms with van der Waals surface area (Å²) in [4.78, 5) is 20.2. The van der Waals surface area contributed by atoms with Gasteiger partial charge in [0.25, 0.3) is 0 Å². The Morgan fingerprint density at radius 1 is 1.31 bits per heavy atom. The lowest BCUT2D eigenvalue weighted by Gasteiger charge is -2.12. The number of hydrogen-bond donors (Lipinski definition) is 2. The molecule has 0 spiro atoms. The minimum absolute atomic E-state index is 0.0808. The molecular weight excluding hydrogens is 334 g/mol. The molecule has 1 fully saturated rings. The summed E-state index contributed by atoms with van der Waals surface area (Å²) >= 11 is 0. The monoisotopic (exact) mass is 353 g/mol. The highest BCUT2D eigenvalue weighted by Gasteiger charge is 2.28. The van der Waals surface area contributed by atoms with E-state index >= 15 is 0 Å². The highest BCUT2D eigenvalue weighted by Crippen LogP contribution is 2.27. The summed E-state index contributed by atoms with van der Waals surface area (Å²) in [6, 6.07) is 7.61. The van der Waals surface area contributed by atoms with Gasteiger partial charge in [-0.15, -0.1) is 5.10 Å². The summed E-state index contributed by atoms with van der Waals surface area (Å²) in [7, 11) is 1.62. The molecule has 2 heterocycles. The fraction of sp³-hybridized carbons (Fsp3) is 0.353. The van der Waals surface area contributed by atoms with Crippen molar-refractivity contribution in [2.75, 3.05) is 12.4 Å². The molecule has 0 saturated heterocycles. The number of nitrogens with one attached hydrogen (secondary N) is 1. The summed E-state index contributed by atoms with van der Waals surface area (Å²) in [5, 5.41) is 11.6. The van der Waals surface area contributed by atoms with Crippen molar-refractivity contribution in [3.63, 3.8) is 0 Å². The van der Waals surface area contributed by atoms with E-state index in [2.05, 4.69) is 25.6 Å². The number of nitrogens with zero attached hydrogens (tertiary/aromatic N) is 5. The van der Waals surface area contributed by atoms with Gasteiger partial charge in [0, 0.05) is 12.0 Å². The Hall–Kier alpha value is -3.23. The van der Waals surface area contributed by atoms with E-state index in [1.807, 2.05) is 24.3 Å². The van der Waals surface area contributed by atoms with Gasteiger partial charge >= 0.3 is 0 Å². The van der Waals surface area contributed by atoms with E-state index in [1.54, 1.807) is 18.0 Å². The average Bonchev–Trinajstić information content (AvgIpc) is 3.29. The number of carbonyl (C=O) groups excluding carboxylic acids is 1. The molecule has 1 aliphatic rings. The molecule has 134 valence electrons. The lowest BCUT2D eigenvalue weighted by molar-refractivity contribution is -0.121. The summed E-state index contributed by atoms with van der Waals surface area (Å²) in [5.74, 6) is 0.931. The van der Waals surface area contributed by atoms with Crippen molar-refractivity contribution >= 4 is 23.0 Å². The third-order valence-electron chi connectivity index (χ3n) is 4.68. The van der Waals surface area contributed by atoms with Crippen LogP contribution in [0.15, 0.2) is 30.5 Å². The summed E-state index contributed by atoms with van der Waals surface area (Å²) in [6.07, 6.45) is 4.00. The number of fused-ring (bicyclic) bond motifs is 1. The molecule has 2 aromatic heterocycles. The van der Waals surface area contributed by atoms with Crippen molar-refractivity contribution in [2.45, 2.75) is 25.3 Å². The first-order valence-electron chi connectivity index (χ1n) is 8.43. The maximum Gasteiger partial charge on any atom is 0.225 e. The van der Waals surface area contributed by atoms with Gasteiger partial charge in [-0.2, -0.15) is 9.67 Å². The van der Waals surface area contributed by atoms with E-state index in [0.717, 1.165) is 24.3 Å². The van der Waals surface area contributed by atoms with E-state index in [4.69, 9.17) is 10.5 Å². The van der Waals surface area contributed by atoms with Crippen LogP contribution in [0.5, 0.6) is 5.75 Å². The zero-order valence-electron chi connectivity index (χ0n) is 14.3. The molecule has 2 atom stereocenters. The molecule has 1 aliphatic carbocycles. The van der Waals surface area contributed by atoms with E-state index in [1.165, 1.54) is 0 Å². The molecule has 26 heavy (non-hydrogen) atoms. The van der Waals surface area contributed by atoms with E-state index in [0.29, 0.717) is 23.5 Å². The predicted octanol–water partition coefficient (Wildman–Crippen LogP) is 1.28. The highest BCUT2D eigenvalue weighted by molar-refractivity contribution is 5.77. The minimum Gasteiger partial charge on any atom is -0.497 e. The van der Waals surface area contributed by atoms with Crippen LogP contribution in [0.3, 0.4) is 0 Å². The third kappa shape index (κ3) is 3.03. The third-order valence-corrected chi connectivity index (χ3v) is 4.68. The first-order chi connectivity index (χ1) is 12.6. The standard InChI is InChI=1S/C17H19N7O2/c1-26-13-6-4-12(5-7-13)24-16-14(22-23-24)9-19-17(21-16)20-11-3-2-10(8-11)15(18)25/h4-7,9-11H,2-3,8H2,1H3,(H2,18,25)(H,19,20,21). The van der Waals surface area contributed by atoms with Crippen LogP contribution in [0.1, 0.15) is 19.3 Å². The Morgan fingerprint density at radius 2 is 2.12 bits per heavy atom. The number of aromatic nitrogens is 5. The zero-order chi connectivity index (χ0) is 18.1. The molecule has 1 amide bonds. The van der Waals surface area contributed by atoms with Gasteiger partial charge in [0.15, 0.2) is 11.2 Å². The lowest BCUT2D eigenvalue weighted by atomic mass is 10.1. The number of nitrogens with two attached hydrogens (primary N) is 1. The second-order valence-electron chi connectivity index (χ2n) is 6.36. The number of anilines is 1. The lowest BCUT2D eigenvalue weighted by Crippen LogP contribution is -2.23. The molecule has 4 rings (SSSR count). The molecular formula is C17H19N7O2. The van der Waals surface area contributed by atoms with Crippen molar-refractivity contribution in [2.24, 2.45) is 11.7 Å². The predicted molar refractivity (Wildman–Crippen MR) is 95.0 cm³/mol. The molecule has 9 heteroatoms. The number of ether oxygens (including phenoxy) is 1. The first kappa shape index (κ1) is 16.2. The molecule has 3 aromatic rings. The van der Waals surface area contributed by atoms with E-state index in [9.17, 15) is 4.79 Å². The molecule has 1 saturated carbocycles. The van der Waals surface area contributed by atoms with E-state index < -0.39 is 0 Å². The van der Waals surface area contributed by atoms with Gasteiger partial charge in [-0.25, -0.2) is 4.98 Å². The van der Waals surface area contributed by atoms with Gasteiger partial charge in [-0.05, 0) is 43.5 Å². The number of amides is 1. The van der Waals surface area contributed by atoms with Crippen LogP contribution in [-0.4, -0.2) is 44.0 Å². The normalized spacial score (nSPS) is 19.6. The average molecular weight is 353 g/mol. The van der Waals surface area contributed by atoms with Crippen LogP contribution < -0.4 is 15.8 Å². The fourth-order valence-electron chi connectivity index (χ4n) is 3.25. The van der Waals surface area contributed by atoms with Crippen LogP contribution in [0, 0.1) is 5.92 Å². The van der Waals surface area contributed by atoms with Crippen LogP contribution >= 0.6 is 0 Å². The van der Waals surface area contributed by atoms with Crippen LogP contribution in [-0.2, 0) is 4.79 Å². The zero-order valence-corrected chi connectivity index (χ0v) is 14.3. The second-order valence-corrected chi connectivity index (χ2v) is 6.36. The quantitative estimate of drug-likeness (QED) is 0.709. The van der Waals surface area contributed by atoms with Crippen molar-refractivity contribution in [1.29, 1.82) is 0 Å². The Balaban J connectivity index is 1.59. The largest absolute Gasteiger partial charge is 0.497 e. The Bertz CT molecular complexity index is 938. The van der Waals surface area contributed by atoms with Crippen molar-refractivity contribution < 1.29 is 9.53 Å². The SMILES string of the molecule is COc1ccc(-n2nnc3cnc(NC4CCC(C(N)=O)C4)nc32)cc1. The number of benzene rings is 1. The summed E-state index contributed by atoms with van der Waals surface area (Å²) in [6.45, 7) is 0. The first-order valence-corrected chi connectivity index (χ1v) is 8.43. The van der Waals surface area contributed by atoms with Gasteiger partial charge in [0.05, 0.1) is 19.0 Å². The molecule has 2 unspecified atom stereocenters. The van der Waals surface area contributed by atoms with Gasteiger partial charge < -0.3 is 15.8 Å². The highest BCUT2D eigenvalue weighted by atomic mass is 16.5. The molecule has 0 bridgehead atoms. The van der Waals surface area contributed by atoms with Gasteiger partial charge in [-0.1, -0.05) is 5.21 Å². The molecule has 3 N–H and O–H groups in total. The molecule has 1 aromatic carbocycles. The van der Waals surface area contributed by atoms with Crippen LogP contribution in [0.25, 0.3) is 16.9 Å². The number of hydrogen-bond acceptors (Lipinski definition) is 7.